The molecule has 0 unspecified atom stereocenters. The van der Waals surface area contributed by atoms with Gasteiger partial charge in [0.2, 0.25) is 0 Å². The van der Waals surface area contributed by atoms with E-state index in [1.54, 1.807) is 12.1 Å². The van der Waals surface area contributed by atoms with Crippen molar-refractivity contribution in [1.82, 2.24) is 5.32 Å². The van der Waals surface area contributed by atoms with Crippen LogP contribution in [0, 0.1) is 10.1 Å². The fourth-order valence-corrected chi connectivity index (χ4v) is 3.02. The lowest BCUT2D eigenvalue weighted by Gasteiger charge is -2.27. The lowest BCUT2D eigenvalue weighted by Crippen LogP contribution is -2.39. The van der Waals surface area contributed by atoms with E-state index < -0.39 is 10.5 Å². The Balaban J connectivity index is 1.95. The summed E-state index contributed by atoms with van der Waals surface area (Å²) in [4.78, 5) is 10.6. The average Bonchev–Trinajstić information content (AvgIpc) is 2.65. The Morgan fingerprint density at radius 3 is 2.57 bits per heavy atom. The lowest BCUT2D eigenvalue weighted by molar-refractivity contribution is -0.385. The molecule has 116 valence electrons. The summed E-state index contributed by atoms with van der Waals surface area (Å²) in [5.74, 6) is 0. The number of hydrogen-bond donors (Lipinski definition) is 2. The van der Waals surface area contributed by atoms with E-state index in [-0.39, 0.29) is 5.69 Å². The first-order valence-corrected chi connectivity index (χ1v) is 7.74. The van der Waals surface area contributed by atoms with Crippen molar-refractivity contribution in [2.75, 3.05) is 6.54 Å². The van der Waals surface area contributed by atoms with E-state index in [2.05, 4.69) is 5.32 Å². The van der Waals surface area contributed by atoms with Crippen LogP contribution in [0.4, 0.5) is 5.69 Å². The van der Waals surface area contributed by atoms with Crippen LogP contribution < -0.4 is 5.32 Å². The maximum atomic E-state index is 11.0. The Bertz CT molecular complexity index is 500. The number of rotatable bonds is 5. The molecule has 0 heterocycles. The number of aliphatic hydroxyl groups is 1. The van der Waals surface area contributed by atoms with Crippen LogP contribution in [0.2, 0.25) is 5.02 Å². The lowest BCUT2D eigenvalue weighted by atomic mass is 9.94. The number of halogens is 1. The zero-order valence-electron chi connectivity index (χ0n) is 12.0. The number of benzene rings is 1. The molecule has 1 aliphatic rings. The van der Waals surface area contributed by atoms with Gasteiger partial charge < -0.3 is 10.4 Å². The van der Waals surface area contributed by atoms with E-state index in [9.17, 15) is 15.2 Å². The van der Waals surface area contributed by atoms with E-state index in [4.69, 9.17) is 11.6 Å². The molecule has 2 rings (SSSR count). The Labute approximate surface area is 129 Å². The Morgan fingerprint density at radius 2 is 1.95 bits per heavy atom. The Kier molecular flexibility index (Phi) is 5.56. The first-order chi connectivity index (χ1) is 10.0. The summed E-state index contributed by atoms with van der Waals surface area (Å²) in [7, 11) is 0. The average molecular weight is 313 g/mol. The topological polar surface area (TPSA) is 75.4 Å². The van der Waals surface area contributed by atoms with E-state index in [0.29, 0.717) is 23.7 Å². The van der Waals surface area contributed by atoms with Crippen LogP contribution in [0.1, 0.15) is 44.1 Å². The summed E-state index contributed by atoms with van der Waals surface area (Å²) in [6.45, 7) is 0.822. The molecule has 0 aliphatic heterocycles. The predicted molar refractivity (Wildman–Crippen MR) is 82.5 cm³/mol. The first kappa shape index (κ1) is 16.2. The van der Waals surface area contributed by atoms with Crippen molar-refractivity contribution in [2.24, 2.45) is 0 Å². The molecule has 1 saturated carbocycles. The SMILES string of the molecule is O=[N+]([O-])c1cc(Cl)ccc1CNCC1(O)CCCCCC1. The zero-order valence-corrected chi connectivity index (χ0v) is 12.7. The quantitative estimate of drug-likeness (QED) is 0.496. The molecule has 0 aromatic heterocycles. The Morgan fingerprint density at radius 1 is 1.29 bits per heavy atom. The molecular formula is C15H21ClN2O3. The molecule has 1 aromatic rings. The number of nitro benzene ring substituents is 1. The van der Waals surface area contributed by atoms with Gasteiger partial charge in [-0.15, -0.1) is 0 Å². The summed E-state index contributed by atoms with van der Waals surface area (Å²) in [5, 5.41) is 25.1. The van der Waals surface area contributed by atoms with Crippen LogP contribution in [0.5, 0.6) is 0 Å². The first-order valence-electron chi connectivity index (χ1n) is 7.36. The molecule has 5 nitrogen and oxygen atoms in total. The van der Waals surface area contributed by atoms with Gasteiger partial charge in [-0.1, -0.05) is 37.3 Å². The minimum atomic E-state index is -0.683. The van der Waals surface area contributed by atoms with Crippen LogP contribution in [0.25, 0.3) is 0 Å². The molecule has 6 heteroatoms. The second kappa shape index (κ2) is 7.20. The Hall–Kier alpha value is -1.17. The highest BCUT2D eigenvalue weighted by atomic mass is 35.5. The highest BCUT2D eigenvalue weighted by molar-refractivity contribution is 6.30. The second-order valence-electron chi connectivity index (χ2n) is 5.77. The molecule has 0 bridgehead atoms. The van der Waals surface area contributed by atoms with Gasteiger partial charge in [-0.3, -0.25) is 10.1 Å². The summed E-state index contributed by atoms with van der Waals surface area (Å²) < 4.78 is 0. The third-order valence-corrected chi connectivity index (χ3v) is 4.28. The molecule has 1 aliphatic carbocycles. The minimum Gasteiger partial charge on any atom is -0.389 e. The summed E-state index contributed by atoms with van der Waals surface area (Å²) in [5.41, 5.74) is -0.0815. The monoisotopic (exact) mass is 312 g/mol. The van der Waals surface area contributed by atoms with Crippen molar-refractivity contribution in [3.8, 4) is 0 Å². The van der Waals surface area contributed by atoms with Crippen LogP contribution >= 0.6 is 11.6 Å². The maximum absolute atomic E-state index is 11.0. The molecule has 21 heavy (non-hydrogen) atoms. The maximum Gasteiger partial charge on any atom is 0.275 e. The molecular weight excluding hydrogens is 292 g/mol. The summed E-state index contributed by atoms with van der Waals surface area (Å²) in [6, 6.07) is 4.66. The zero-order chi connectivity index (χ0) is 15.3. The van der Waals surface area contributed by atoms with Crippen molar-refractivity contribution in [1.29, 1.82) is 0 Å². The van der Waals surface area contributed by atoms with Crippen LogP contribution in [-0.2, 0) is 6.54 Å². The van der Waals surface area contributed by atoms with Crippen LogP contribution in [0.15, 0.2) is 18.2 Å². The number of nitrogens with one attached hydrogen (secondary N) is 1. The van der Waals surface area contributed by atoms with Gasteiger partial charge in [0, 0.05) is 29.7 Å². The van der Waals surface area contributed by atoms with E-state index in [0.717, 1.165) is 25.7 Å². The van der Waals surface area contributed by atoms with Gasteiger partial charge >= 0.3 is 0 Å². The molecule has 2 N–H and O–H groups in total. The van der Waals surface area contributed by atoms with Crippen molar-refractivity contribution in [2.45, 2.75) is 50.7 Å². The largest absolute Gasteiger partial charge is 0.389 e. The molecule has 0 spiro atoms. The fraction of sp³-hybridized carbons (Fsp3) is 0.600. The smallest absolute Gasteiger partial charge is 0.275 e. The predicted octanol–water partition coefficient (Wildman–Crippen LogP) is 3.42. The third kappa shape index (κ3) is 4.66. The fourth-order valence-electron chi connectivity index (χ4n) is 2.85. The standard InChI is InChI=1S/C15H21ClN2O3/c16-13-6-5-12(14(9-13)18(20)21)10-17-11-15(19)7-3-1-2-4-8-15/h5-6,9,17,19H,1-4,7-8,10-11H2. The van der Waals surface area contributed by atoms with Gasteiger partial charge in [-0.05, 0) is 25.0 Å². The molecule has 0 saturated heterocycles. The molecule has 1 aromatic carbocycles. The van der Waals surface area contributed by atoms with Gasteiger partial charge in [-0.2, -0.15) is 0 Å². The van der Waals surface area contributed by atoms with Gasteiger partial charge in [0.1, 0.15) is 0 Å². The minimum absolute atomic E-state index is 0.0165. The van der Waals surface area contributed by atoms with Gasteiger partial charge in [0.05, 0.1) is 10.5 Å². The molecule has 0 atom stereocenters. The van der Waals surface area contributed by atoms with Crippen molar-refractivity contribution in [3.63, 3.8) is 0 Å². The number of nitrogens with zero attached hydrogens (tertiary/aromatic N) is 1. The second-order valence-corrected chi connectivity index (χ2v) is 6.21. The van der Waals surface area contributed by atoms with Crippen LogP contribution in [-0.4, -0.2) is 22.2 Å². The van der Waals surface area contributed by atoms with Gasteiger partial charge in [0.15, 0.2) is 0 Å². The summed E-state index contributed by atoms with van der Waals surface area (Å²) >= 11 is 5.79. The number of hydrogen-bond acceptors (Lipinski definition) is 4. The van der Waals surface area contributed by atoms with Crippen molar-refractivity contribution >= 4 is 17.3 Å². The van der Waals surface area contributed by atoms with E-state index in [1.807, 2.05) is 0 Å². The highest BCUT2D eigenvalue weighted by Crippen LogP contribution is 2.27. The van der Waals surface area contributed by atoms with Gasteiger partial charge in [-0.25, -0.2) is 0 Å². The van der Waals surface area contributed by atoms with Crippen molar-refractivity contribution < 1.29 is 10.0 Å². The van der Waals surface area contributed by atoms with E-state index in [1.165, 1.54) is 18.9 Å². The molecule has 0 amide bonds. The summed E-state index contributed by atoms with van der Waals surface area (Å²) in [6.07, 6.45) is 6.01. The van der Waals surface area contributed by atoms with Crippen molar-refractivity contribution in [3.05, 3.63) is 38.9 Å². The normalized spacial score (nSPS) is 18.2. The third-order valence-electron chi connectivity index (χ3n) is 4.05. The van der Waals surface area contributed by atoms with E-state index >= 15 is 0 Å². The number of nitro groups is 1. The van der Waals surface area contributed by atoms with Crippen LogP contribution in [0.3, 0.4) is 0 Å². The van der Waals surface area contributed by atoms with Gasteiger partial charge in [0.25, 0.3) is 5.69 Å². The highest BCUT2D eigenvalue weighted by Gasteiger charge is 2.27. The molecule has 1 fully saturated rings. The molecule has 0 radical (unpaired) electrons.